The van der Waals surface area contributed by atoms with Crippen LogP contribution in [0.3, 0.4) is 0 Å². The van der Waals surface area contributed by atoms with E-state index in [0.29, 0.717) is 17.3 Å². The molecule has 0 atom stereocenters. The van der Waals surface area contributed by atoms with Crippen LogP contribution in [0, 0.1) is 5.92 Å². The molecule has 1 fully saturated rings. The summed E-state index contributed by atoms with van der Waals surface area (Å²) in [4.78, 5) is 16.0. The van der Waals surface area contributed by atoms with Gasteiger partial charge < -0.3 is 15.6 Å². The van der Waals surface area contributed by atoms with E-state index in [4.69, 9.17) is 0 Å². The molecule has 0 unspecified atom stereocenters. The first-order chi connectivity index (χ1) is 15.8. The molecule has 0 radical (unpaired) electrons. The molecular weight excluding hydrogens is 429 g/mol. The van der Waals surface area contributed by atoms with E-state index in [1.54, 1.807) is 18.3 Å². The number of hydrogen-bond acceptors (Lipinski definition) is 5. The molecule has 0 aliphatic heterocycles. The molecule has 0 spiro atoms. The van der Waals surface area contributed by atoms with Gasteiger partial charge in [-0.1, -0.05) is 31.7 Å². The van der Waals surface area contributed by atoms with Crippen molar-refractivity contribution < 1.29 is 13.2 Å². The zero-order valence-corrected chi connectivity index (χ0v) is 18.2. The van der Waals surface area contributed by atoms with Gasteiger partial charge in [-0.15, -0.1) is 0 Å². The van der Waals surface area contributed by atoms with Crippen LogP contribution in [0.5, 0.6) is 0 Å². The smallest absolute Gasteiger partial charge is 0.388 e. The molecule has 172 valence electrons. The minimum atomic E-state index is -4.54. The molecule has 2 heterocycles. The van der Waals surface area contributed by atoms with Crippen molar-refractivity contribution in [1.82, 2.24) is 25.3 Å². The van der Waals surface area contributed by atoms with E-state index >= 15 is 0 Å². The Balaban J connectivity index is 1.71. The first-order valence-electron chi connectivity index (χ1n) is 10.8. The summed E-state index contributed by atoms with van der Waals surface area (Å²) in [6.45, 7) is 7.00. The Kier molecular flexibility index (Phi) is 6.48. The maximum absolute atomic E-state index is 13.6. The van der Waals surface area contributed by atoms with Crippen molar-refractivity contribution in [3.8, 4) is 22.9 Å². The highest BCUT2D eigenvalue weighted by molar-refractivity contribution is 5.65. The van der Waals surface area contributed by atoms with Crippen LogP contribution < -0.4 is 10.6 Å². The lowest BCUT2D eigenvalue weighted by atomic mass is 10.1. The first kappa shape index (κ1) is 22.6. The van der Waals surface area contributed by atoms with E-state index in [1.807, 2.05) is 6.08 Å². The Hall–Kier alpha value is -3.62. The molecule has 3 N–H and O–H groups in total. The minimum Gasteiger partial charge on any atom is -0.388 e. The molecule has 33 heavy (non-hydrogen) atoms. The third kappa shape index (κ3) is 5.60. The number of benzene rings is 1. The Bertz CT molecular complexity index is 1150. The van der Waals surface area contributed by atoms with Crippen molar-refractivity contribution in [2.75, 3.05) is 11.9 Å². The number of aromatic nitrogens is 4. The SMILES string of the molecule is C=C(/C=C(\NCCC)C1CC1)Nc1nc(-c2ccc[nH]2)nc(-c2ccccc2C(F)(F)F)n1. The summed E-state index contributed by atoms with van der Waals surface area (Å²) in [6.07, 6.45) is 2.31. The Morgan fingerprint density at radius 1 is 1.12 bits per heavy atom. The van der Waals surface area contributed by atoms with E-state index in [1.165, 1.54) is 18.2 Å². The molecule has 0 bridgehead atoms. The predicted octanol–water partition coefficient (Wildman–Crippen LogP) is 5.77. The van der Waals surface area contributed by atoms with Crippen molar-refractivity contribution in [3.63, 3.8) is 0 Å². The van der Waals surface area contributed by atoms with E-state index in [0.717, 1.165) is 37.6 Å². The second kappa shape index (κ2) is 9.48. The first-order valence-corrected chi connectivity index (χ1v) is 10.8. The molecule has 9 heteroatoms. The van der Waals surface area contributed by atoms with E-state index in [2.05, 4.69) is 44.1 Å². The van der Waals surface area contributed by atoms with Crippen LogP contribution in [-0.4, -0.2) is 26.5 Å². The van der Waals surface area contributed by atoms with E-state index < -0.39 is 11.7 Å². The van der Waals surface area contributed by atoms with Gasteiger partial charge in [0.1, 0.15) is 0 Å². The number of anilines is 1. The monoisotopic (exact) mass is 454 g/mol. The third-order valence-electron chi connectivity index (χ3n) is 5.15. The van der Waals surface area contributed by atoms with Crippen LogP contribution in [0.2, 0.25) is 0 Å². The lowest BCUT2D eigenvalue weighted by Gasteiger charge is -2.14. The fourth-order valence-electron chi connectivity index (χ4n) is 3.41. The van der Waals surface area contributed by atoms with Crippen LogP contribution in [-0.2, 0) is 6.18 Å². The van der Waals surface area contributed by atoms with Crippen molar-refractivity contribution >= 4 is 5.95 Å². The maximum atomic E-state index is 13.6. The van der Waals surface area contributed by atoms with Crippen LogP contribution in [0.1, 0.15) is 31.7 Å². The topological polar surface area (TPSA) is 78.5 Å². The number of nitrogens with one attached hydrogen (secondary N) is 3. The van der Waals surface area contributed by atoms with Crippen LogP contribution in [0.4, 0.5) is 19.1 Å². The molecule has 1 saturated carbocycles. The maximum Gasteiger partial charge on any atom is 0.417 e. The highest BCUT2D eigenvalue weighted by Crippen LogP contribution is 2.37. The fraction of sp³-hybridized carbons (Fsp3) is 0.292. The van der Waals surface area contributed by atoms with Gasteiger partial charge >= 0.3 is 6.18 Å². The number of halogens is 3. The van der Waals surface area contributed by atoms with Gasteiger partial charge in [0.15, 0.2) is 11.6 Å². The third-order valence-corrected chi connectivity index (χ3v) is 5.15. The van der Waals surface area contributed by atoms with E-state index in [-0.39, 0.29) is 23.2 Å². The van der Waals surface area contributed by atoms with Crippen LogP contribution >= 0.6 is 0 Å². The van der Waals surface area contributed by atoms with Crippen molar-refractivity contribution in [3.05, 3.63) is 72.2 Å². The summed E-state index contributed by atoms with van der Waals surface area (Å²) in [6, 6.07) is 8.75. The second-order valence-corrected chi connectivity index (χ2v) is 7.88. The van der Waals surface area contributed by atoms with Crippen molar-refractivity contribution in [2.45, 2.75) is 32.4 Å². The zero-order chi connectivity index (χ0) is 23.4. The standard InChI is InChI=1S/C24H25F3N6/c1-3-12-28-20(16-10-11-16)14-15(2)30-23-32-21(31-22(33-23)19-9-6-13-29-19)17-7-4-5-8-18(17)24(25,26)27/h4-9,13-14,16,28-29H,2-3,10-12H2,1H3,(H,30,31,32,33)/b20-14-. The highest BCUT2D eigenvalue weighted by atomic mass is 19.4. The van der Waals surface area contributed by atoms with Crippen LogP contribution in [0.25, 0.3) is 22.9 Å². The van der Waals surface area contributed by atoms with Gasteiger partial charge in [0.2, 0.25) is 5.95 Å². The highest BCUT2D eigenvalue weighted by Gasteiger charge is 2.34. The Morgan fingerprint density at radius 2 is 1.88 bits per heavy atom. The minimum absolute atomic E-state index is 0.0756. The largest absolute Gasteiger partial charge is 0.417 e. The summed E-state index contributed by atoms with van der Waals surface area (Å²) < 4.78 is 40.9. The average Bonchev–Trinajstić information content (AvgIpc) is 3.48. The molecule has 2 aromatic heterocycles. The number of rotatable bonds is 9. The van der Waals surface area contributed by atoms with Crippen molar-refractivity contribution in [2.24, 2.45) is 5.92 Å². The fourth-order valence-corrected chi connectivity index (χ4v) is 3.41. The molecule has 1 aliphatic rings. The lowest BCUT2D eigenvalue weighted by molar-refractivity contribution is -0.137. The van der Waals surface area contributed by atoms with Gasteiger partial charge in [0, 0.05) is 29.7 Å². The number of alkyl halides is 3. The summed E-state index contributed by atoms with van der Waals surface area (Å²) in [5, 5.41) is 6.45. The molecule has 6 nitrogen and oxygen atoms in total. The van der Waals surface area contributed by atoms with E-state index in [9.17, 15) is 13.2 Å². The predicted molar refractivity (Wildman–Crippen MR) is 122 cm³/mol. The van der Waals surface area contributed by atoms with Gasteiger partial charge in [-0.3, -0.25) is 0 Å². The number of aromatic amines is 1. The number of hydrogen-bond donors (Lipinski definition) is 3. The molecular formula is C24H25F3N6. The molecule has 0 saturated heterocycles. The van der Waals surface area contributed by atoms with Gasteiger partial charge in [0.05, 0.1) is 11.3 Å². The number of H-pyrrole nitrogens is 1. The zero-order valence-electron chi connectivity index (χ0n) is 18.2. The lowest BCUT2D eigenvalue weighted by Crippen LogP contribution is -2.16. The van der Waals surface area contributed by atoms with Gasteiger partial charge in [0.25, 0.3) is 0 Å². The number of allylic oxidation sites excluding steroid dienone is 2. The summed E-state index contributed by atoms with van der Waals surface area (Å²) >= 11 is 0. The molecule has 1 aromatic carbocycles. The Morgan fingerprint density at radius 3 is 2.55 bits per heavy atom. The van der Waals surface area contributed by atoms with Gasteiger partial charge in [-0.05, 0) is 49.5 Å². The average molecular weight is 455 g/mol. The summed E-state index contributed by atoms with van der Waals surface area (Å²) in [5.41, 5.74) is 1.27. The van der Waals surface area contributed by atoms with Gasteiger partial charge in [-0.2, -0.15) is 23.1 Å². The molecule has 1 aliphatic carbocycles. The number of nitrogens with zero attached hydrogens (tertiary/aromatic N) is 3. The quantitative estimate of drug-likeness (QED) is 0.358. The second-order valence-electron chi connectivity index (χ2n) is 7.88. The molecule has 3 aromatic rings. The van der Waals surface area contributed by atoms with Crippen molar-refractivity contribution in [1.29, 1.82) is 0 Å². The summed E-state index contributed by atoms with van der Waals surface area (Å²) in [5.74, 6) is 0.756. The molecule has 4 rings (SSSR count). The summed E-state index contributed by atoms with van der Waals surface area (Å²) in [7, 11) is 0. The normalized spacial score (nSPS) is 14.2. The van der Waals surface area contributed by atoms with Gasteiger partial charge in [-0.25, -0.2) is 4.98 Å². The Labute approximate surface area is 190 Å². The van der Waals surface area contributed by atoms with Crippen LogP contribution in [0.15, 0.2) is 66.6 Å². The molecule has 0 amide bonds.